The molecule has 0 saturated heterocycles. The summed E-state index contributed by atoms with van der Waals surface area (Å²) in [7, 11) is 4.00. The molecule has 0 amide bonds. The van der Waals surface area contributed by atoms with E-state index < -0.39 is 5.97 Å². The van der Waals surface area contributed by atoms with Gasteiger partial charge in [0.25, 0.3) is 0 Å². The number of nitrogens with zero attached hydrogens (tertiary/aromatic N) is 2. The van der Waals surface area contributed by atoms with Crippen LogP contribution in [0.15, 0.2) is 18.3 Å². The van der Waals surface area contributed by atoms with E-state index in [0.29, 0.717) is 5.82 Å². The molecule has 1 rings (SSSR count). The summed E-state index contributed by atoms with van der Waals surface area (Å²) in [5, 5.41) is 11.9. The van der Waals surface area contributed by atoms with Crippen molar-refractivity contribution in [1.82, 2.24) is 9.88 Å². The number of likely N-dealkylation sites (N-methyl/N-ethyl adjacent to an activating group) is 1. The first-order valence-corrected chi connectivity index (χ1v) is 5.09. The molecule has 1 aromatic heterocycles. The van der Waals surface area contributed by atoms with Crippen LogP contribution in [0.3, 0.4) is 0 Å². The SMILES string of the molecule is CC(CN(C)C)Nc1ccc(C(=O)O)cn1. The minimum absolute atomic E-state index is 0.200. The van der Waals surface area contributed by atoms with Gasteiger partial charge in [0.15, 0.2) is 0 Å². The summed E-state index contributed by atoms with van der Waals surface area (Å²) < 4.78 is 0. The van der Waals surface area contributed by atoms with Crippen LogP contribution >= 0.6 is 0 Å². The third kappa shape index (κ3) is 3.86. The zero-order valence-electron chi connectivity index (χ0n) is 9.77. The average molecular weight is 223 g/mol. The molecule has 1 unspecified atom stereocenters. The Morgan fingerprint density at radius 1 is 1.56 bits per heavy atom. The molecule has 0 saturated carbocycles. The molecule has 0 bridgehead atoms. The molecule has 5 nitrogen and oxygen atoms in total. The van der Waals surface area contributed by atoms with Crippen LogP contribution in [-0.4, -0.2) is 47.6 Å². The summed E-state index contributed by atoms with van der Waals surface area (Å²) in [4.78, 5) is 16.7. The number of aromatic carboxylic acids is 1. The van der Waals surface area contributed by atoms with Crippen LogP contribution < -0.4 is 5.32 Å². The summed E-state index contributed by atoms with van der Waals surface area (Å²) in [5.41, 5.74) is 0.200. The van der Waals surface area contributed by atoms with Crippen molar-refractivity contribution in [2.75, 3.05) is 26.0 Å². The van der Waals surface area contributed by atoms with E-state index in [1.165, 1.54) is 6.20 Å². The Kier molecular flexibility index (Phi) is 4.25. The molecule has 16 heavy (non-hydrogen) atoms. The zero-order valence-corrected chi connectivity index (χ0v) is 9.77. The smallest absolute Gasteiger partial charge is 0.337 e. The summed E-state index contributed by atoms with van der Waals surface area (Å²) in [6, 6.07) is 3.48. The van der Waals surface area contributed by atoms with E-state index in [4.69, 9.17) is 5.11 Å². The molecule has 1 atom stereocenters. The number of carboxylic acids is 1. The summed E-state index contributed by atoms with van der Waals surface area (Å²) in [6.45, 7) is 2.94. The Balaban J connectivity index is 2.58. The maximum atomic E-state index is 10.6. The fourth-order valence-electron chi connectivity index (χ4n) is 1.45. The third-order valence-electron chi connectivity index (χ3n) is 2.04. The lowest BCUT2D eigenvalue weighted by atomic mass is 10.2. The Morgan fingerprint density at radius 2 is 2.25 bits per heavy atom. The molecule has 0 aliphatic rings. The van der Waals surface area contributed by atoms with Crippen LogP contribution in [-0.2, 0) is 0 Å². The molecule has 88 valence electrons. The summed E-state index contributed by atoms with van der Waals surface area (Å²) >= 11 is 0. The minimum Gasteiger partial charge on any atom is -0.478 e. The van der Waals surface area contributed by atoms with Crippen LogP contribution in [0, 0.1) is 0 Å². The van der Waals surface area contributed by atoms with Gasteiger partial charge in [-0.1, -0.05) is 0 Å². The van der Waals surface area contributed by atoms with Crippen molar-refractivity contribution in [2.45, 2.75) is 13.0 Å². The number of hydrogen-bond acceptors (Lipinski definition) is 4. The van der Waals surface area contributed by atoms with Crippen molar-refractivity contribution < 1.29 is 9.90 Å². The van der Waals surface area contributed by atoms with Gasteiger partial charge in [0.1, 0.15) is 5.82 Å². The molecule has 0 aromatic carbocycles. The van der Waals surface area contributed by atoms with Crippen LogP contribution in [0.5, 0.6) is 0 Å². The summed E-state index contributed by atoms with van der Waals surface area (Å²) in [5.74, 6) is -0.264. The van der Waals surface area contributed by atoms with Crippen LogP contribution in [0.1, 0.15) is 17.3 Å². The lowest BCUT2D eigenvalue weighted by molar-refractivity contribution is 0.0696. The average Bonchev–Trinajstić information content (AvgIpc) is 2.16. The molecule has 2 N–H and O–H groups in total. The third-order valence-corrected chi connectivity index (χ3v) is 2.04. The minimum atomic E-state index is -0.958. The fourth-order valence-corrected chi connectivity index (χ4v) is 1.45. The Labute approximate surface area is 95.1 Å². The van der Waals surface area contributed by atoms with E-state index in [0.717, 1.165) is 6.54 Å². The van der Waals surface area contributed by atoms with Crippen LogP contribution in [0.25, 0.3) is 0 Å². The van der Waals surface area contributed by atoms with E-state index in [1.54, 1.807) is 12.1 Å². The molecule has 0 aliphatic carbocycles. The quantitative estimate of drug-likeness (QED) is 0.783. The highest BCUT2D eigenvalue weighted by molar-refractivity contribution is 5.87. The van der Waals surface area contributed by atoms with Crippen molar-refractivity contribution in [3.05, 3.63) is 23.9 Å². The monoisotopic (exact) mass is 223 g/mol. The molecular weight excluding hydrogens is 206 g/mol. The number of carbonyl (C=O) groups is 1. The molecule has 0 fully saturated rings. The van der Waals surface area contributed by atoms with Crippen LogP contribution in [0.2, 0.25) is 0 Å². The number of pyridine rings is 1. The maximum absolute atomic E-state index is 10.6. The van der Waals surface area contributed by atoms with Crippen molar-refractivity contribution in [3.8, 4) is 0 Å². The summed E-state index contributed by atoms with van der Waals surface area (Å²) in [6.07, 6.45) is 1.35. The first-order chi connectivity index (χ1) is 7.49. The van der Waals surface area contributed by atoms with Gasteiger partial charge < -0.3 is 15.3 Å². The molecular formula is C11H17N3O2. The van der Waals surface area contributed by atoms with Gasteiger partial charge in [-0.05, 0) is 33.2 Å². The molecule has 1 heterocycles. The predicted octanol–water partition coefficient (Wildman–Crippen LogP) is 1.14. The maximum Gasteiger partial charge on any atom is 0.337 e. The topological polar surface area (TPSA) is 65.5 Å². The van der Waals surface area contributed by atoms with Gasteiger partial charge in [0.2, 0.25) is 0 Å². The van der Waals surface area contributed by atoms with E-state index in [2.05, 4.69) is 15.2 Å². The lowest BCUT2D eigenvalue weighted by Gasteiger charge is -2.18. The van der Waals surface area contributed by atoms with Gasteiger partial charge in [-0.15, -0.1) is 0 Å². The second-order valence-electron chi connectivity index (χ2n) is 4.04. The van der Waals surface area contributed by atoms with Crippen molar-refractivity contribution in [3.63, 3.8) is 0 Å². The normalized spacial score (nSPS) is 12.5. The molecule has 0 spiro atoms. The van der Waals surface area contributed by atoms with Gasteiger partial charge >= 0.3 is 5.97 Å². The second kappa shape index (κ2) is 5.46. The number of aromatic nitrogens is 1. The first kappa shape index (κ1) is 12.4. The Hall–Kier alpha value is -1.62. The van der Waals surface area contributed by atoms with Gasteiger partial charge in [-0.25, -0.2) is 9.78 Å². The zero-order chi connectivity index (χ0) is 12.1. The number of carboxylic acid groups (broad SMARTS) is 1. The van der Waals surface area contributed by atoms with Gasteiger partial charge in [-0.3, -0.25) is 0 Å². The number of hydrogen-bond donors (Lipinski definition) is 2. The van der Waals surface area contributed by atoms with Gasteiger partial charge in [0.05, 0.1) is 5.56 Å². The Bertz CT molecular complexity index is 349. The van der Waals surface area contributed by atoms with Crippen molar-refractivity contribution >= 4 is 11.8 Å². The Morgan fingerprint density at radius 3 is 2.69 bits per heavy atom. The highest BCUT2D eigenvalue weighted by atomic mass is 16.4. The van der Waals surface area contributed by atoms with E-state index in [1.807, 2.05) is 21.0 Å². The van der Waals surface area contributed by atoms with E-state index in [-0.39, 0.29) is 11.6 Å². The molecule has 5 heteroatoms. The predicted molar refractivity (Wildman–Crippen MR) is 62.8 cm³/mol. The standard InChI is InChI=1S/C11H17N3O2/c1-8(7-14(2)3)13-10-5-4-9(6-12-10)11(15)16/h4-6,8H,7H2,1-3H3,(H,12,13)(H,15,16). The largest absolute Gasteiger partial charge is 0.478 e. The first-order valence-electron chi connectivity index (χ1n) is 5.09. The number of nitrogens with one attached hydrogen (secondary N) is 1. The van der Waals surface area contributed by atoms with Crippen molar-refractivity contribution in [2.24, 2.45) is 0 Å². The van der Waals surface area contributed by atoms with E-state index >= 15 is 0 Å². The van der Waals surface area contributed by atoms with Gasteiger partial charge in [0, 0.05) is 18.8 Å². The highest BCUT2D eigenvalue weighted by Gasteiger charge is 2.06. The number of rotatable bonds is 5. The van der Waals surface area contributed by atoms with E-state index in [9.17, 15) is 4.79 Å². The van der Waals surface area contributed by atoms with Crippen LogP contribution in [0.4, 0.5) is 5.82 Å². The second-order valence-corrected chi connectivity index (χ2v) is 4.04. The molecule has 0 radical (unpaired) electrons. The molecule has 0 aliphatic heterocycles. The number of anilines is 1. The fraction of sp³-hybridized carbons (Fsp3) is 0.455. The molecule has 1 aromatic rings. The lowest BCUT2D eigenvalue weighted by Crippen LogP contribution is -2.29. The van der Waals surface area contributed by atoms with Crippen molar-refractivity contribution in [1.29, 1.82) is 0 Å². The van der Waals surface area contributed by atoms with Gasteiger partial charge in [-0.2, -0.15) is 0 Å². The highest BCUT2D eigenvalue weighted by Crippen LogP contribution is 2.06.